The van der Waals surface area contributed by atoms with Crippen LogP contribution in [-0.2, 0) is 19.4 Å². The zero-order valence-electron chi connectivity index (χ0n) is 11.4. The summed E-state index contributed by atoms with van der Waals surface area (Å²) in [4.78, 5) is 0. The Balaban J connectivity index is 1.84. The fourth-order valence-electron chi connectivity index (χ4n) is 2.68. The van der Waals surface area contributed by atoms with Crippen LogP contribution in [0.25, 0.3) is 5.69 Å². The van der Waals surface area contributed by atoms with Gasteiger partial charge >= 0.3 is 0 Å². The molecule has 0 saturated heterocycles. The highest BCUT2D eigenvalue weighted by Gasteiger charge is 2.13. The van der Waals surface area contributed by atoms with Gasteiger partial charge in [-0.05, 0) is 55.5 Å². The lowest BCUT2D eigenvalue weighted by molar-refractivity contribution is 0.641. The number of hydrogen-bond acceptors (Lipinski definition) is 3. The second-order valence-corrected chi connectivity index (χ2v) is 5.12. The zero-order chi connectivity index (χ0) is 13.1. The first-order valence-electron chi connectivity index (χ1n) is 7.11. The van der Waals surface area contributed by atoms with Crippen LogP contribution in [0.4, 0.5) is 0 Å². The Bertz CT molecular complexity index is 559. The van der Waals surface area contributed by atoms with Gasteiger partial charge in [-0.2, -0.15) is 0 Å². The lowest BCUT2D eigenvalue weighted by Crippen LogP contribution is -2.16. The van der Waals surface area contributed by atoms with E-state index in [0.29, 0.717) is 0 Å². The van der Waals surface area contributed by atoms with Gasteiger partial charge in [0.2, 0.25) is 0 Å². The van der Waals surface area contributed by atoms with E-state index in [-0.39, 0.29) is 0 Å². The van der Waals surface area contributed by atoms with Gasteiger partial charge in [-0.3, -0.25) is 0 Å². The summed E-state index contributed by atoms with van der Waals surface area (Å²) in [5.74, 6) is 0. The Morgan fingerprint density at radius 1 is 1.26 bits per heavy atom. The van der Waals surface area contributed by atoms with Crippen LogP contribution in [0.2, 0.25) is 0 Å². The fourth-order valence-corrected chi connectivity index (χ4v) is 2.68. The Labute approximate surface area is 113 Å². The van der Waals surface area contributed by atoms with Gasteiger partial charge in [-0.1, -0.05) is 18.2 Å². The highest BCUT2D eigenvalue weighted by Crippen LogP contribution is 2.24. The van der Waals surface area contributed by atoms with Gasteiger partial charge in [0.15, 0.2) is 0 Å². The van der Waals surface area contributed by atoms with Crippen LogP contribution in [0.3, 0.4) is 0 Å². The molecule has 0 saturated carbocycles. The van der Waals surface area contributed by atoms with E-state index in [1.807, 2.05) is 10.9 Å². The van der Waals surface area contributed by atoms with Gasteiger partial charge in [0.25, 0.3) is 0 Å². The molecular weight excluding hydrogens is 236 g/mol. The van der Waals surface area contributed by atoms with Crippen molar-refractivity contribution in [3.05, 3.63) is 41.2 Å². The maximum atomic E-state index is 4.22. The minimum Gasteiger partial charge on any atom is -0.311 e. The summed E-state index contributed by atoms with van der Waals surface area (Å²) in [6.45, 7) is 4.01. The maximum Gasteiger partial charge on any atom is 0.0783 e. The predicted molar refractivity (Wildman–Crippen MR) is 75.4 cm³/mol. The van der Waals surface area contributed by atoms with E-state index in [4.69, 9.17) is 0 Å². The number of nitrogens with one attached hydrogen (secondary N) is 1. The van der Waals surface area contributed by atoms with Crippen LogP contribution in [0.5, 0.6) is 0 Å². The molecule has 1 aromatic carbocycles. The Kier molecular flexibility index (Phi) is 3.60. The average Bonchev–Trinajstić information content (AvgIpc) is 3.06. The van der Waals surface area contributed by atoms with E-state index < -0.39 is 0 Å². The summed E-state index contributed by atoms with van der Waals surface area (Å²) in [5.41, 5.74) is 5.22. The van der Waals surface area contributed by atoms with E-state index in [0.717, 1.165) is 30.9 Å². The molecule has 1 aromatic heterocycles. The van der Waals surface area contributed by atoms with Gasteiger partial charge in [-0.25, -0.2) is 4.68 Å². The SMILES string of the molecule is CCCNCc1cnnn1-c1ccc2c(c1)CCC2. The third-order valence-electron chi connectivity index (χ3n) is 3.68. The molecule has 100 valence electrons. The minimum absolute atomic E-state index is 0.817. The molecule has 4 heteroatoms. The van der Waals surface area contributed by atoms with Crippen LogP contribution in [-0.4, -0.2) is 21.5 Å². The van der Waals surface area contributed by atoms with Crippen molar-refractivity contribution in [1.82, 2.24) is 20.3 Å². The topological polar surface area (TPSA) is 42.7 Å². The van der Waals surface area contributed by atoms with Gasteiger partial charge in [-0.15, -0.1) is 5.10 Å². The van der Waals surface area contributed by atoms with Crippen molar-refractivity contribution in [1.29, 1.82) is 0 Å². The molecule has 0 fully saturated rings. The molecule has 1 heterocycles. The normalized spacial score (nSPS) is 13.7. The summed E-state index contributed by atoms with van der Waals surface area (Å²) >= 11 is 0. The van der Waals surface area contributed by atoms with Crippen molar-refractivity contribution in [3.8, 4) is 5.69 Å². The van der Waals surface area contributed by atoms with Crippen LogP contribution in [0.15, 0.2) is 24.4 Å². The number of hydrogen-bond donors (Lipinski definition) is 1. The quantitative estimate of drug-likeness (QED) is 0.834. The molecular formula is C15H20N4. The third-order valence-corrected chi connectivity index (χ3v) is 3.68. The number of rotatable bonds is 5. The summed E-state index contributed by atoms with van der Waals surface area (Å²) in [7, 11) is 0. The highest BCUT2D eigenvalue weighted by molar-refractivity contribution is 5.42. The lowest BCUT2D eigenvalue weighted by atomic mass is 10.1. The standard InChI is InChI=1S/C15H20N4/c1-2-8-16-10-15-11-17-18-19(15)14-7-6-12-4-3-5-13(12)9-14/h6-7,9,11,16H,2-5,8,10H2,1H3. The highest BCUT2D eigenvalue weighted by atomic mass is 15.4. The number of nitrogens with zero attached hydrogens (tertiary/aromatic N) is 3. The van der Waals surface area contributed by atoms with E-state index in [2.05, 4.69) is 40.8 Å². The fraction of sp³-hybridized carbons (Fsp3) is 0.467. The Morgan fingerprint density at radius 3 is 3.05 bits per heavy atom. The van der Waals surface area contributed by atoms with Crippen molar-refractivity contribution < 1.29 is 0 Å². The first-order chi connectivity index (χ1) is 9.38. The number of benzene rings is 1. The molecule has 3 rings (SSSR count). The van der Waals surface area contributed by atoms with Crippen molar-refractivity contribution >= 4 is 0 Å². The monoisotopic (exact) mass is 256 g/mol. The van der Waals surface area contributed by atoms with Crippen molar-refractivity contribution in [3.63, 3.8) is 0 Å². The third kappa shape index (κ3) is 2.54. The molecule has 0 amide bonds. The van der Waals surface area contributed by atoms with Crippen LogP contribution >= 0.6 is 0 Å². The maximum absolute atomic E-state index is 4.22. The summed E-state index contributed by atoms with van der Waals surface area (Å²) in [6.07, 6.45) is 6.68. The molecule has 1 N–H and O–H groups in total. The predicted octanol–water partition coefficient (Wildman–Crippen LogP) is 2.26. The number of aryl methyl sites for hydroxylation is 2. The largest absolute Gasteiger partial charge is 0.311 e. The number of fused-ring (bicyclic) bond motifs is 1. The van der Waals surface area contributed by atoms with Gasteiger partial charge in [0.05, 0.1) is 17.6 Å². The molecule has 1 aliphatic carbocycles. The molecule has 0 unspecified atom stereocenters. The molecule has 0 atom stereocenters. The second-order valence-electron chi connectivity index (χ2n) is 5.12. The molecule has 0 bridgehead atoms. The minimum atomic E-state index is 0.817. The van der Waals surface area contributed by atoms with E-state index in [1.165, 1.54) is 30.4 Å². The van der Waals surface area contributed by atoms with Crippen LogP contribution in [0.1, 0.15) is 36.6 Å². The summed E-state index contributed by atoms with van der Waals surface area (Å²) in [6, 6.07) is 6.66. The average molecular weight is 256 g/mol. The molecule has 0 aliphatic heterocycles. The van der Waals surface area contributed by atoms with Crippen molar-refractivity contribution in [2.45, 2.75) is 39.2 Å². The first kappa shape index (κ1) is 12.4. The smallest absolute Gasteiger partial charge is 0.0783 e. The van der Waals surface area contributed by atoms with Crippen molar-refractivity contribution in [2.24, 2.45) is 0 Å². The van der Waals surface area contributed by atoms with E-state index in [1.54, 1.807) is 0 Å². The van der Waals surface area contributed by atoms with E-state index in [9.17, 15) is 0 Å². The van der Waals surface area contributed by atoms with Gasteiger partial charge in [0.1, 0.15) is 0 Å². The molecule has 1 aliphatic rings. The molecule has 0 spiro atoms. The molecule has 4 nitrogen and oxygen atoms in total. The lowest BCUT2D eigenvalue weighted by Gasteiger charge is -2.08. The van der Waals surface area contributed by atoms with Crippen LogP contribution < -0.4 is 5.32 Å². The second kappa shape index (κ2) is 5.53. The summed E-state index contributed by atoms with van der Waals surface area (Å²) in [5, 5.41) is 11.7. The summed E-state index contributed by atoms with van der Waals surface area (Å²) < 4.78 is 1.95. The molecule has 0 radical (unpaired) electrons. The van der Waals surface area contributed by atoms with Crippen molar-refractivity contribution in [2.75, 3.05) is 6.54 Å². The number of aromatic nitrogens is 3. The zero-order valence-corrected chi connectivity index (χ0v) is 11.4. The Morgan fingerprint density at radius 2 is 2.16 bits per heavy atom. The van der Waals surface area contributed by atoms with E-state index >= 15 is 0 Å². The Hall–Kier alpha value is -1.68. The van der Waals surface area contributed by atoms with Gasteiger partial charge in [0, 0.05) is 6.54 Å². The first-order valence-corrected chi connectivity index (χ1v) is 7.11. The van der Waals surface area contributed by atoms with Crippen LogP contribution in [0, 0.1) is 0 Å². The molecule has 19 heavy (non-hydrogen) atoms. The van der Waals surface area contributed by atoms with Gasteiger partial charge < -0.3 is 5.32 Å². The molecule has 2 aromatic rings.